The van der Waals surface area contributed by atoms with Gasteiger partial charge in [0.15, 0.2) is 0 Å². The molecule has 0 fully saturated rings. The highest BCUT2D eigenvalue weighted by atomic mass is 16.5. The Morgan fingerprint density at radius 1 is 1.41 bits per heavy atom. The molecule has 0 aliphatic carbocycles. The number of rotatable bonds is 6. The van der Waals surface area contributed by atoms with Crippen molar-refractivity contribution in [1.82, 2.24) is 5.32 Å². The predicted octanol–water partition coefficient (Wildman–Crippen LogP) is 0.955. The van der Waals surface area contributed by atoms with Crippen molar-refractivity contribution in [2.75, 3.05) is 27.2 Å². The molecule has 6 nitrogen and oxygen atoms in total. The number of nitrogens with zero attached hydrogens (tertiary/aromatic N) is 2. The van der Waals surface area contributed by atoms with Gasteiger partial charge in [0.1, 0.15) is 5.75 Å². The zero-order chi connectivity index (χ0) is 16.5. The van der Waals surface area contributed by atoms with E-state index in [0.717, 1.165) is 22.6 Å². The second-order valence-corrected chi connectivity index (χ2v) is 4.79. The number of aliphatic imine (C=N–C) groups is 2. The molecule has 0 heterocycles. The number of guanidine groups is 1. The highest BCUT2D eigenvalue weighted by molar-refractivity contribution is 6.16. The van der Waals surface area contributed by atoms with Gasteiger partial charge in [0.05, 0.1) is 18.9 Å². The van der Waals surface area contributed by atoms with E-state index >= 15 is 0 Å². The second kappa shape index (κ2) is 8.96. The third-order valence-electron chi connectivity index (χ3n) is 2.97. The Morgan fingerprint density at radius 2 is 2.05 bits per heavy atom. The highest BCUT2D eigenvalue weighted by Crippen LogP contribution is 2.14. The van der Waals surface area contributed by atoms with Gasteiger partial charge in [-0.25, -0.2) is 4.99 Å². The number of allylic oxidation sites excluding steroid dienone is 1. The van der Waals surface area contributed by atoms with E-state index in [4.69, 9.17) is 10.5 Å². The predicted molar refractivity (Wildman–Crippen MR) is 90.8 cm³/mol. The molecule has 0 aliphatic rings. The van der Waals surface area contributed by atoms with Crippen LogP contribution in [0.15, 0.2) is 46.4 Å². The Morgan fingerprint density at radius 3 is 2.50 bits per heavy atom. The summed E-state index contributed by atoms with van der Waals surface area (Å²) in [5, 5.41) is 12.5. The number of nitrogens with two attached hydrogens (primary N) is 1. The number of aliphatic hydroxyl groups is 1. The molecular formula is C16H24N4O2. The Bertz CT molecular complexity index is 550. The van der Waals surface area contributed by atoms with Crippen LogP contribution in [0.1, 0.15) is 12.5 Å². The van der Waals surface area contributed by atoms with E-state index in [1.165, 1.54) is 0 Å². The topological polar surface area (TPSA) is 92.2 Å². The summed E-state index contributed by atoms with van der Waals surface area (Å²) >= 11 is 0. The maximum Gasteiger partial charge on any atom is 0.218 e. The van der Waals surface area contributed by atoms with Gasteiger partial charge in [0.25, 0.3) is 0 Å². The maximum atomic E-state index is 9.50. The zero-order valence-electron chi connectivity index (χ0n) is 13.3. The van der Waals surface area contributed by atoms with Crippen molar-refractivity contribution in [3.05, 3.63) is 42.0 Å². The van der Waals surface area contributed by atoms with Crippen molar-refractivity contribution in [2.45, 2.75) is 13.0 Å². The van der Waals surface area contributed by atoms with Gasteiger partial charge in [-0.15, -0.1) is 0 Å². The zero-order valence-corrected chi connectivity index (χ0v) is 13.3. The van der Waals surface area contributed by atoms with Gasteiger partial charge in [-0.2, -0.15) is 0 Å². The van der Waals surface area contributed by atoms with Crippen LogP contribution in [0.2, 0.25) is 0 Å². The van der Waals surface area contributed by atoms with Crippen LogP contribution >= 0.6 is 0 Å². The highest BCUT2D eigenvalue weighted by Gasteiger charge is 2.08. The molecule has 0 saturated heterocycles. The van der Waals surface area contributed by atoms with Crippen molar-refractivity contribution in [1.29, 1.82) is 0 Å². The lowest BCUT2D eigenvalue weighted by molar-refractivity contribution is 0.186. The molecule has 1 rings (SSSR count). The van der Waals surface area contributed by atoms with Crippen LogP contribution in [-0.4, -0.2) is 50.1 Å². The summed E-state index contributed by atoms with van der Waals surface area (Å²) in [5.74, 6) is 1.19. The molecule has 120 valence electrons. The van der Waals surface area contributed by atoms with Crippen molar-refractivity contribution >= 4 is 11.7 Å². The number of benzene rings is 1. The lowest BCUT2D eigenvalue weighted by atomic mass is 10.0. The summed E-state index contributed by atoms with van der Waals surface area (Å²) in [6, 6.07) is 7.55. The minimum absolute atomic E-state index is 0.180. The second-order valence-electron chi connectivity index (χ2n) is 4.79. The molecule has 0 aromatic heterocycles. The molecule has 0 amide bonds. The molecule has 1 atom stereocenters. The minimum Gasteiger partial charge on any atom is -0.497 e. The quantitative estimate of drug-likeness (QED) is 0.539. The van der Waals surface area contributed by atoms with Gasteiger partial charge >= 0.3 is 0 Å². The Labute approximate surface area is 131 Å². The molecule has 22 heavy (non-hydrogen) atoms. The van der Waals surface area contributed by atoms with E-state index in [-0.39, 0.29) is 6.54 Å². The molecule has 1 unspecified atom stereocenters. The maximum absolute atomic E-state index is 9.50. The average molecular weight is 304 g/mol. The lowest BCUT2D eigenvalue weighted by Gasteiger charge is -2.12. The van der Waals surface area contributed by atoms with Crippen LogP contribution < -0.4 is 15.8 Å². The first-order chi connectivity index (χ1) is 10.5. The number of ether oxygens (including phenoxy) is 1. The van der Waals surface area contributed by atoms with E-state index in [9.17, 15) is 5.11 Å². The van der Waals surface area contributed by atoms with E-state index in [2.05, 4.69) is 21.9 Å². The van der Waals surface area contributed by atoms with Crippen molar-refractivity contribution in [2.24, 2.45) is 15.7 Å². The third kappa shape index (κ3) is 5.31. The summed E-state index contributed by atoms with van der Waals surface area (Å²) in [7, 11) is 3.25. The summed E-state index contributed by atoms with van der Waals surface area (Å²) in [6.45, 7) is 6.31. The van der Waals surface area contributed by atoms with E-state index in [0.29, 0.717) is 12.5 Å². The fourth-order valence-corrected chi connectivity index (χ4v) is 1.72. The fraction of sp³-hybridized carbons (Fsp3) is 0.375. The van der Waals surface area contributed by atoms with Crippen molar-refractivity contribution < 1.29 is 9.84 Å². The molecule has 0 saturated carbocycles. The molecule has 0 bridgehead atoms. The molecule has 4 N–H and O–H groups in total. The Kier molecular flexibility index (Phi) is 7.28. The molecule has 0 aliphatic heterocycles. The first-order valence-electron chi connectivity index (χ1n) is 6.99. The number of hydrogen-bond donors (Lipinski definition) is 3. The number of methoxy groups -OCH3 is 1. The van der Waals surface area contributed by atoms with E-state index in [1.54, 1.807) is 14.2 Å². The molecular weight excluding hydrogens is 280 g/mol. The minimum atomic E-state index is -0.638. The largest absolute Gasteiger partial charge is 0.497 e. The monoisotopic (exact) mass is 304 g/mol. The lowest BCUT2D eigenvalue weighted by Crippen LogP contribution is -2.35. The third-order valence-corrected chi connectivity index (χ3v) is 2.97. The van der Waals surface area contributed by atoms with Gasteiger partial charge in [0, 0.05) is 25.7 Å². The van der Waals surface area contributed by atoms with Gasteiger partial charge in [0.2, 0.25) is 5.96 Å². The smallest absolute Gasteiger partial charge is 0.218 e. The van der Waals surface area contributed by atoms with Crippen LogP contribution in [0.4, 0.5) is 0 Å². The van der Waals surface area contributed by atoms with Gasteiger partial charge in [-0.3, -0.25) is 4.99 Å². The molecule has 6 heteroatoms. The first-order valence-corrected chi connectivity index (χ1v) is 6.99. The normalized spacial score (nSPS) is 13.7. The fourth-order valence-electron chi connectivity index (χ4n) is 1.72. The number of hydrogen-bond acceptors (Lipinski definition) is 4. The SMILES string of the molecule is C=C(C)/C(=N\C(=NC)NCC(O)CN)c1ccc(OC)cc1. The first kappa shape index (κ1) is 17.9. The summed E-state index contributed by atoms with van der Waals surface area (Å²) < 4.78 is 5.15. The summed E-state index contributed by atoms with van der Waals surface area (Å²) in [4.78, 5) is 8.57. The van der Waals surface area contributed by atoms with Crippen LogP contribution in [0.5, 0.6) is 5.75 Å². The Hall–Kier alpha value is -2.18. The average Bonchev–Trinajstić information content (AvgIpc) is 2.54. The summed E-state index contributed by atoms with van der Waals surface area (Å²) in [5.41, 5.74) is 7.82. The standard InChI is InChI=1S/C16H24N4O2/c1-11(2)15(12-5-7-14(22-4)8-6-12)20-16(18-3)19-10-13(21)9-17/h5-8,13,21H,1,9-10,17H2,2-4H3,(H,18,19)/b20-15+. The Balaban J connectivity index is 2.99. The molecule has 0 radical (unpaired) electrons. The molecule has 1 aromatic carbocycles. The number of nitrogens with one attached hydrogen (secondary N) is 1. The number of aliphatic hydroxyl groups excluding tert-OH is 1. The van der Waals surface area contributed by atoms with Gasteiger partial charge in [-0.05, 0) is 36.8 Å². The van der Waals surface area contributed by atoms with Crippen LogP contribution in [0.3, 0.4) is 0 Å². The molecule has 1 aromatic rings. The van der Waals surface area contributed by atoms with Crippen LogP contribution in [0, 0.1) is 0 Å². The van der Waals surface area contributed by atoms with Crippen molar-refractivity contribution in [3.8, 4) is 5.75 Å². The van der Waals surface area contributed by atoms with E-state index < -0.39 is 6.10 Å². The van der Waals surface area contributed by atoms with E-state index in [1.807, 2.05) is 31.2 Å². The van der Waals surface area contributed by atoms with Crippen molar-refractivity contribution in [3.63, 3.8) is 0 Å². The van der Waals surface area contributed by atoms with Crippen LogP contribution in [0.25, 0.3) is 0 Å². The van der Waals surface area contributed by atoms with Gasteiger partial charge < -0.3 is 20.9 Å². The molecule has 0 spiro atoms. The van der Waals surface area contributed by atoms with Crippen LogP contribution in [-0.2, 0) is 0 Å². The summed E-state index contributed by atoms with van der Waals surface area (Å²) in [6.07, 6.45) is -0.638. The van der Waals surface area contributed by atoms with Gasteiger partial charge in [-0.1, -0.05) is 6.58 Å².